The summed E-state index contributed by atoms with van der Waals surface area (Å²) in [6.45, 7) is 5.92. The lowest BCUT2D eigenvalue weighted by molar-refractivity contribution is 0.672. The number of nitrogens with zero attached hydrogens (tertiary/aromatic N) is 1. The number of anilines is 2. The predicted octanol–water partition coefficient (Wildman–Crippen LogP) is 2.47. The number of pyridine rings is 1. The summed E-state index contributed by atoms with van der Waals surface area (Å²) in [6, 6.07) is 2.05. The van der Waals surface area contributed by atoms with Crippen LogP contribution >= 0.6 is 0 Å². The van der Waals surface area contributed by atoms with E-state index in [1.807, 2.05) is 19.3 Å². The van der Waals surface area contributed by atoms with Crippen LogP contribution in [0.5, 0.6) is 0 Å². The molecule has 0 fully saturated rings. The smallest absolute Gasteiger partial charge is 0.0547 e. The van der Waals surface area contributed by atoms with Gasteiger partial charge in [0.2, 0.25) is 0 Å². The van der Waals surface area contributed by atoms with Crippen LogP contribution in [0, 0.1) is 0 Å². The first-order valence-corrected chi connectivity index (χ1v) is 8.00. The first kappa shape index (κ1) is 15.0. The van der Waals surface area contributed by atoms with Gasteiger partial charge in [0.15, 0.2) is 0 Å². The number of hydrogen-bond donors (Lipinski definition) is 2. The zero-order valence-electron chi connectivity index (χ0n) is 11.4. The van der Waals surface area contributed by atoms with Gasteiger partial charge in [0, 0.05) is 35.4 Å². The van der Waals surface area contributed by atoms with Crippen LogP contribution in [0.3, 0.4) is 0 Å². The molecule has 0 aliphatic carbocycles. The van der Waals surface area contributed by atoms with Crippen LogP contribution in [-0.4, -0.2) is 33.8 Å². The van der Waals surface area contributed by atoms with Gasteiger partial charge in [0.05, 0.1) is 23.8 Å². The molecule has 0 bridgehead atoms. The number of nitrogens with one attached hydrogen (secondary N) is 2. The van der Waals surface area contributed by atoms with Crippen molar-refractivity contribution >= 4 is 22.2 Å². The summed E-state index contributed by atoms with van der Waals surface area (Å²) in [6.07, 6.45) is 7.38. The van der Waals surface area contributed by atoms with Crippen molar-refractivity contribution in [2.24, 2.45) is 0 Å². The molecule has 0 aromatic carbocycles. The lowest BCUT2D eigenvalue weighted by Gasteiger charge is -2.11. The highest BCUT2D eigenvalue weighted by atomic mass is 32.2. The van der Waals surface area contributed by atoms with Crippen LogP contribution in [0.2, 0.25) is 0 Å². The van der Waals surface area contributed by atoms with E-state index in [0.717, 1.165) is 37.3 Å². The largest absolute Gasteiger partial charge is 0.384 e. The second-order valence-corrected chi connectivity index (χ2v) is 6.22. The molecule has 4 nitrogen and oxygen atoms in total. The van der Waals surface area contributed by atoms with Gasteiger partial charge in [-0.3, -0.25) is 9.19 Å². The fourth-order valence-corrected chi connectivity index (χ4v) is 1.94. The van der Waals surface area contributed by atoms with Crippen molar-refractivity contribution in [3.63, 3.8) is 0 Å². The van der Waals surface area contributed by atoms with Crippen molar-refractivity contribution in [2.45, 2.75) is 31.9 Å². The van der Waals surface area contributed by atoms with Gasteiger partial charge >= 0.3 is 0 Å². The molecular weight excluding hydrogens is 246 g/mol. The van der Waals surface area contributed by atoms with Gasteiger partial charge in [0.1, 0.15) is 0 Å². The molecule has 1 aromatic heterocycles. The molecule has 102 valence electrons. The first-order chi connectivity index (χ1) is 8.63. The highest BCUT2D eigenvalue weighted by Gasteiger charge is 2.05. The molecule has 0 saturated heterocycles. The van der Waals surface area contributed by atoms with Crippen molar-refractivity contribution in [2.75, 3.05) is 30.0 Å². The molecule has 1 aromatic rings. The Morgan fingerprint density at radius 2 is 1.89 bits per heavy atom. The van der Waals surface area contributed by atoms with Gasteiger partial charge in [-0.15, -0.1) is 0 Å². The fourth-order valence-electron chi connectivity index (χ4n) is 1.49. The van der Waals surface area contributed by atoms with E-state index >= 15 is 0 Å². The number of hydrogen-bond acceptors (Lipinski definition) is 4. The summed E-state index contributed by atoms with van der Waals surface area (Å²) >= 11 is 0. The van der Waals surface area contributed by atoms with Crippen molar-refractivity contribution in [1.29, 1.82) is 0 Å². The zero-order chi connectivity index (χ0) is 13.4. The van der Waals surface area contributed by atoms with E-state index in [2.05, 4.69) is 28.6 Å². The molecule has 1 heterocycles. The van der Waals surface area contributed by atoms with E-state index in [0.29, 0.717) is 0 Å². The van der Waals surface area contributed by atoms with E-state index in [4.69, 9.17) is 0 Å². The summed E-state index contributed by atoms with van der Waals surface area (Å²) < 4.78 is 11.2. The minimum absolute atomic E-state index is 0.229. The third-order valence-electron chi connectivity index (χ3n) is 2.76. The summed E-state index contributed by atoms with van der Waals surface area (Å²) in [7, 11) is -0.745. The molecule has 0 amide bonds. The van der Waals surface area contributed by atoms with E-state index in [-0.39, 0.29) is 5.25 Å². The second-order valence-electron chi connectivity index (χ2n) is 4.41. The Morgan fingerprint density at radius 3 is 2.44 bits per heavy atom. The van der Waals surface area contributed by atoms with Gasteiger partial charge in [-0.1, -0.05) is 13.8 Å². The fraction of sp³-hybridized carbons (Fsp3) is 0.615. The number of aromatic nitrogens is 1. The third kappa shape index (κ3) is 5.49. The highest BCUT2D eigenvalue weighted by molar-refractivity contribution is 7.84. The standard InChI is InChI=1S/C13H23N3OS/c1-4-6-15-12-8-13(10-14-9-12)16-7-5-11(2)18(3)17/h8-11,15-16H,4-7H2,1-3H3. The lowest BCUT2D eigenvalue weighted by atomic mass is 10.3. The van der Waals surface area contributed by atoms with Crippen molar-refractivity contribution in [1.82, 2.24) is 4.98 Å². The van der Waals surface area contributed by atoms with Gasteiger partial charge in [-0.05, 0) is 18.9 Å². The Balaban J connectivity index is 2.40. The van der Waals surface area contributed by atoms with Gasteiger partial charge in [0.25, 0.3) is 0 Å². The second kappa shape index (κ2) is 8.08. The van der Waals surface area contributed by atoms with Crippen LogP contribution in [0.1, 0.15) is 26.7 Å². The van der Waals surface area contributed by atoms with Crippen LogP contribution in [0.4, 0.5) is 11.4 Å². The summed E-state index contributed by atoms with van der Waals surface area (Å²) in [4.78, 5) is 4.19. The molecule has 0 aliphatic rings. The molecule has 0 spiro atoms. The summed E-state index contributed by atoms with van der Waals surface area (Å²) in [5.74, 6) is 0. The van der Waals surface area contributed by atoms with E-state index in [1.165, 1.54) is 0 Å². The normalized spacial score (nSPS) is 13.9. The van der Waals surface area contributed by atoms with Crippen molar-refractivity contribution in [3.8, 4) is 0 Å². The summed E-state index contributed by atoms with van der Waals surface area (Å²) in [5, 5.41) is 6.84. The first-order valence-electron chi connectivity index (χ1n) is 6.38. The topological polar surface area (TPSA) is 54.0 Å². The van der Waals surface area contributed by atoms with E-state index in [1.54, 1.807) is 6.26 Å². The predicted molar refractivity (Wildman–Crippen MR) is 79.7 cm³/mol. The van der Waals surface area contributed by atoms with E-state index < -0.39 is 10.8 Å². The minimum atomic E-state index is -0.745. The van der Waals surface area contributed by atoms with Crippen molar-refractivity contribution < 1.29 is 4.21 Å². The SMILES string of the molecule is CCCNc1cncc(NCCC(C)S(C)=O)c1. The quantitative estimate of drug-likeness (QED) is 0.761. The summed E-state index contributed by atoms with van der Waals surface area (Å²) in [5.41, 5.74) is 2.04. The Morgan fingerprint density at radius 1 is 1.28 bits per heavy atom. The van der Waals surface area contributed by atoms with Crippen LogP contribution in [0.15, 0.2) is 18.5 Å². The molecule has 2 N–H and O–H groups in total. The molecule has 2 unspecified atom stereocenters. The van der Waals surface area contributed by atoms with Gasteiger partial charge < -0.3 is 10.6 Å². The van der Waals surface area contributed by atoms with Crippen LogP contribution in [-0.2, 0) is 10.8 Å². The molecule has 2 atom stereocenters. The molecular formula is C13H23N3OS. The van der Waals surface area contributed by atoms with Crippen LogP contribution < -0.4 is 10.6 Å². The minimum Gasteiger partial charge on any atom is -0.384 e. The van der Waals surface area contributed by atoms with E-state index in [9.17, 15) is 4.21 Å². The maximum atomic E-state index is 11.2. The third-order valence-corrected chi connectivity index (χ3v) is 4.13. The molecule has 1 rings (SSSR count). The molecule has 0 radical (unpaired) electrons. The highest BCUT2D eigenvalue weighted by Crippen LogP contribution is 2.13. The average molecular weight is 269 g/mol. The molecule has 5 heteroatoms. The Bertz CT molecular complexity index is 384. The molecule has 18 heavy (non-hydrogen) atoms. The average Bonchev–Trinajstić information content (AvgIpc) is 2.36. The zero-order valence-corrected chi connectivity index (χ0v) is 12.2. The van der Waals surface area contributed by atoms with Crippen LogP contribution in [0.25, 0.3) is 0 Å². The maximum absolute atomic E-state index is 11.2. The molecule has 0 aliphatic heterocycles. The lowest BCUT2D eigenvalue weighted by Crippen LogP contribution is -2.15. The maximum Gasteiger partial charge on any atom is 0.0547 e. The molecule has 0 saturated carbocycles. The number of rotatable bonds is 8. The Kier molecular flexibility index (Phi) is 6.72. The monoisotopic (exact) mass is 269 g/mol. The Labute approximate surface area is 112 Å². The van der Waals surface area contributed by atoms with Gasteiger partial charge in [-0.25, -0.2) is 0 Å². The van der Waals surface area contributed by atoms with Crippen molar-refractivity contribution in [3.05, 3.63) is 18.5 Å². The van der Waals surface area contributed by atoms with Gasteiger partial charge in [-0.2, -0.15) is 0 Å². The Hall–Kier alpha value is -1.10.